The number of amides is 3. The van der Waals surface area contributed by atoms with E-state index in [4.69, 9.17) is 0 Å². The number of nitrogens with one attached hydrogen (secondary N) is 3. The molecule has 198 valence electrons. The van der Waals surface area contributed by atoms with Gasteiger partial charge in [0.25, 0.3) is 11.8 Å². The molecule has 7 nitrogen and oxygen atoms in total. The molecule has 4 rings (SSSR count). The SMILES string of the molecule is CCN(C(=O)c1ccc(NCC(=O)Nc2cccc(C(=O)NC(C)c3ccccc3)c2)cc1)c1ccccc1. The minimum absolute atomic E-state index is 0.0276. The van der Waals surface area contributed by atoms with E-state index in [1.54, 1.807) is 53.4 Å². The predicted molar refractivity (Wildman–Crippen MR) is 156 cm³/mol. The van der Waals surface area contributed by atoms with Crippen molar-refractivity contribution in [1.82, 2.24) is 5.32 Å². The van der Waals surface area contributed by atoms with Crippen molar-refractivity contribution in [2.45, 2.75) is 19.9 Å². The molecule has 3 N–H and O–H groups in total. The lowest BCUT2D eigenvalue weighted by Crippen LogP contribution is -2.30. The molecule has 0 fully saturated rings. The smallest absolute Gasteiger partial charge is 0.258 e. The van der Waals surface area contributed by atoms with Gasteiger partial charge >= 0.3 is 0 Å². The van der Waals surface area contributed by atoms with Gasteiger partial charge in [-0.1, -0.05) is 54.6 Å². The molecule has 0 aliphatic carbocycles. The van der Waals surface area contributed by atoms with Crippen LogP contribution in [-0.4, -0.2) is 30.8 Å². The van der Waals surface area contributed by atoms with Crippen molar-refractivity contribution in [2.24, 2.45) is 0 Å². The summed E-state index contributed by atoms with van der Waals surface area (Å²) in [5.41, 5.74) is 4.12. The summed E-state index contributed by atoms with van der Waals surface area (Å²) in [5.74, 6) is -0.564. The third-order valence-corrected chi connectivity index (χ3v) is 6.27. The maximum Gasteiger partial charge on any atom is 0.258 e. The molecule has 7 heteroatoms. The summed E-state index contributed by atoms with van der Waals surface area (Å²) >= 11 is 0. The lowest BCUT2D eigenvalue weighted by molar-refractivity contribution is -0.114. The minimum atomic E-state index is -0.258. The Hall–Kier alpha value is -4.91. The van der Waals surface area contributed by atoms with Gasteiger partial charge in [0, 0.05) is 34.7 Å². The summed E-state index contributed by atoms with van der Waals surface area (Å²) in [5, 5.41) is 8.87. The van der Waals surface area contributed by atoms with Crippen LogP contribution in [0.1, 0.15) is 46.2 Å². The van der Waals surface area contributed by atoms with E-state index in [0.29, 0.717) is 29.0 Å². The Bertz CT molecular complexity index is 1410. The molecule has 1 atom stereocenters. The standard InChI is InChI=1S/C32H32N4O3/c1-3-36(29-15-8-5-9-16-29)32(39)25-17-19-27(20-18-25)33-22-30(37)35-28-14-10-13-26(21-28)31(38)34-23(2)24-11-6-4-7-12-24/h4-21,23,33H,3,22H2,1-2H3,(H,34,38)(H,35,37). The van der Waals surface area contributed by atoms with E-state index in [2.05, 4.69) is 16.0 Å². The molecular weight excluding hydrogens is 488 g/mol. The number of carbonyl (C=O) groups is 3. The molecule has 39 heavy (non-hydrogen) atoms. The van der Waals surface area contributed by atoms with Crippen LogP contribution in [-0.2, 0) is 4.79 Å². The van der Waals surface area contributed by atoms with E-state index in [9.17, 15) is 14.4 Å². The fourth-order valence-electron chi connectivity index (χ4n) is 4.17. The first-order valence-corrected chi connectivity index (χ1v) is 12.9. The molecular formula is C32H32N4O3. The summed E-state index contributed by atoms with van der Waals surface area (Å²) in [4.78, 5) is 40.0. The highest BCUT2D eigenvalue weighted by atomic mass is 16.2. The second-order valence-corrected chi connectivity index (χ2v) is 9.05. The lowest BCUT2D eigenvalue weighted by Gasteiger charge is -2.21. The Labute approximate surface area is 228 Å². The average Bonchev–Trinajstić information content (AvgIpc) is 2.98. The van der Waals surface area contributed by atoms with Gasteiger partial charge in [0.2, 0.25) is 5.91 Å². The van der Waals surface area contributed by atoms with Crippen LogP contribution in [0.5, 0.6) is 0 Å². The van der Waals surface area contributed by atoms with Crippen molar-refractivity contribution in [3.63, 3.8) is 0 Å². The van der Waals surface area contributed by atoms with E-state index in [0.717, 1.165) is 11.3 Å². The van der Waals surface area contributed by atoms with Gasteiger partial charge < -0.3 is 20.9 Å². The number of rotatable bonds is 10. The number of benzene rings is 4. The van der Waals surface area contributed by atoms with Gasteiger partial charge in [0.05, 0.1) is 12.6 Å². The third-order valence-electron chi connectivity index (χ3n) is 6.27. The monoisotopic (exact) mass is 520 g/mol. The van der Waals surface area contributed by atoms with Gasteiger partial charge in [-0.25, -0.2) is 0 Å². The molecule has 0 aliphatic heterocycles. The van der Waals surface area contributed by atoms with Crippen molar-refractivity contribution in [1.29, 1.82) is 0 Å². The van der Waals surface area contributed by atoms with Gasteiger partial charge in [-0.15, -0.1) is 0 Å². The van der Waals surface area contributed by atoms with Crippen LogP contribution < -0.4 is 20.9 Å². The van der Waals surface area contributed by atoms with Gasteiger partial charge in [-0.2, -0.15) is 0 Å². The summed E-state index contributed by atoms with van der Waals surface area (Å²) in [6.07, 6.45) is 0. The highest BCUT2D eigenvalue weighted by Gasteiger charge is 2.16. The van der Waals surface area contributed by atoms with Gasteiger partial charge in [0.15, 0.2) is 0 Å². The van der Waals surface area contributed by atoms with Gasteiger partial charge in [-0.3, -0.25) is 14.4 Å². The fourth-order valence-corrected chi connectivity index (χ4v) is 4.17. The van der Waals surface area contributed by atoms with Crippen LogP contribution in [0.3, 0.4) is 0 Å². The van der Waals surface area contributed by atoms with Gasteiger partial charge in [0.1, 0.15) is 0 Å². The Balaban J connectivity index is 1.30. The third kappa shape index (κ3) is 7.32. The number of hydrogen-bond donors (Lipinski definition) is 3. The van der Waals surface area contributed by atoms with E-state index < -0.39 is 0 Å². The molecule has 0 spiro atoms. The van der Waals surface area contributed by atoms with Crippen LogP contribution in [0.15, 0.2) is 109 Å². The maximum atomic E-state index is 13.0. The first-order chi connectivity index (χ1) is 18.9. The molecule has 0 aromatic heterocycles. The molecule has 0 saturated carbocycles. The summed E-state index contributed by atoms with van der Waals surface area (Å²) in [6.45, 7) is 4.45. The Morgan fingerprint density at radius 1 is 0.744 bits per heavy atom. The number of para-hydroxylation sites is 1. The molecule has 0 saturated heterocycles. The maximum absolute atomic E-state index is 13.0. The highest BCUT2D eigenvalue weighted by molar-refractivity contribution is 6.06. The number of hydrogen-bond acceptors (Lipinski definition) is 4. The predicted octanol–water partition coefficient (Wildman–Crippen LogP) is 5.89. The zero-order valence-corrected chi connectivity index (χ0v) is 22.1. The van der Waals surface area contributed by atoms with Crippen molar-refractivity contribution in [3.8, 4) is 0 Å². The molecule has 0 aliphatic rings. The highest BCUT2D eigenvalue weighted by Crippen LogP contribution is 2.19. The van der Waals surface area contributed by atoms with Crippen molar-refractivity contribution in [2.75, 3.05) is 28.6 Å². The summed E-state index contributed by atoms with van der Waals surface area (Å²) in [7, 11) is 0. The van der Waals surface area contributed by atoms with Crippen LogP contribution in [0.4, 0.5) is 17.1 Å². The second kappa shape index (κ2) is 13.1. The molecule has 0 bridgehead atoms. The van der Waals surface area contributed by atoms with Crippen LogP contribution in [0, 0.1) is 0 Å². The Morgan fingerprint density at radius 2 is 1.41 bits per heavy atom. The minimum Gasteiger partial charge on any atom is -0.376 e. The molecule has 0 radical (unpaired) electrons. The van der Waals surface area contributed by atoms with Crippen LogP contribution >= 0.6 is 0 Å². The molecule has 3 amide bonds. The van der Waals surface area contributed by atoms with Crippen molar-refractivity contribution < 1.29 is 14.4 Å². The average molecular weight is 521 g/mol. The lowest BCUT2D eigenvalue weighted by atomic mass is 10.1. The first kappa shape index (κ1) is 27.1. The zero-order chi connectivity index (χ0) is 27.6. The normalized spacial score (nSPS) is 11.2. The van der Waals surface area contributed by atoms with Crippen LogP contribution in [0.2, 0.25) is 0 Å². The molecule has 1 unspecified atom stereocenters. The quantitative estimate of drug-likeness (QED) is 0.243. The van der Waals surface area contributed by atoms with E-state index in [1.807, 2.05) is 74.5 Å². The molecule has 4 aromatic rings. The fraction of sp³-hybridized carbons (Fsp3) is 0.156. The summed E-state index contributed by atoms with van der Waals surface area (Å²) < 4.78 is 0. The number of nitrogens with zero attached hydrogens (tertiary/aromatic N) is 1. The number of carbonyl (C=O) groups excluding carboxylic acids is 3. The molecule has 4 aromatic carbocycles. The topological polar surface area (TPSA) is 90.5 Å². The zero-order valence-electron chi connectivity index (χ0n) is 22.1. The van der Waals surface area contributed by atoms with Crippen LogP contribution in [0.25, 0.3) is 0 Å². The Kier molecular flexibility index (Phi) is 9.08. The number of anilines is 3. The largest absolute Gasteiger partial charge is 0.376 e. The first-order valence-electron chi connectivity index (χ1n) is 12.9. The van der Waals surface area contributed by atoms with E-state index in [-0.39, 0.29) is 30.3 Å². The summed E-state index contributed by atoms with van der Waals surface area (Å²) in [6, 6.07) is 33.0. The van der Waals surface area contributed by atoms with Crippen molar-refractivity contribution >= 4 is 34.8 Å². The second-order valence-electron chi connectivity index (χ2n) is 9.05. The van der Waals surface area contributed by atoms with Gasteiger partial charge in [-0.05, 0) is 74.0 Å². The Morgan fingerprint density at radius 3 is 2.08 bits per heavy atom. The van der Waals surface area contributed by atoms with Crippen molar-refractivity contribution in [3.05, 3.63) is 126 Å². The molecule has 0 heterocycles. The van der Waals surface area contributed by atoms with E-state index >= 15 is 0 Å². The van der Waals surface area contributed by atoms with E-state index in [1.165, 1.54) is 0 Å².